The Morgan fingerprint density at radius 3 is 2.83 bits per heavy atom. The van der Waals surface area contributed by atoms with E-state index in [9.17, 15) is 13.2 Å². The molecule has 18 heavy (non-hydrogen) atoms. The zero-order chi connectivity index (χ0) is 13.6. The van der Waals surface area contributed by atoms with Gasteiger partial charge in [-0.2, -0.15) is 13.1 Å². The Hall–Kier alpha value is -1.22. The molecule has 1 aromatic rings. The molecule has 1 aromatic heterocycles. The highest BCUT2D eigenvalue weighted by Crippen LogP contribution is 2.15. The topological polar surface area (TPSA) is 95.5 Å². The van der Waals surface area contributed by atoms with Crippen LogP contribution in [0.2, 0.25) is 0 Å². The van der Waals surface area contributed by atoms with Crippen molar-refractivity contribution in [1.82, 2.24) is 9.44 Å². The highest BCUT2D eigenvalue weighted by atomic mass is 32.2. The molecule has 6 nitrogen and oxygen atoms in total. The predicted molar refractivity (Wildman–Crippen MR) is 70.4 cm³/mol. The van der Waals surface area contributed by atoms with E-state index in [4.69, 9.17) is 5.11 Å². The zero-order valence-electron chi connectivity index (χ0n) is 9.71. The Morgan fingerprint density at radius 1 is 1.50 bits per heavy atom. The SMILES string of the molecule is CCNS(=O)(=O)NCc1cc(/C=C/C(=O)O)cs1. The van der Waals surface area contributed by atoms with E-state index < -0.39 is 16.2 Å². The summed E-state index contributed by atoms with van der Waals surface area (Å²) in [5, 5.41) is 10.2. The minimum absolute atomic E-state index is 0.181. The number of carbonyl (C=O) groups is 1. The lowest BCUT2D eigenvalue weighted by Gasteiger charge is -2.04. The first-order valence-corrected chi connectivity index (χ1v) is 7.52. The van der Waals surface area contributed by atoms with E-state index in [1.54, 1.807) is 18.4 Å². The number of carboxylic acid groups (broad SMARTS) is 1. The molecule has 0 bridgehead atoms. The molecule has 1 heterocycles. The van der Waals surface area contributed by atoms with Gasteiger partial charge in [0.15, 0.2) is 0 Å². The number of thiophene rings is 1. The molecule has 0 saturated carbocycles. The van der Waals surface area contributed by atoms with Gasteiger partial charge in [0.05, 0.1) is 0 Å². The molecule has 0 spiro atoms. The Kier molecular flexibility index (Phi) is 5.48. The van der Waals surface area contributed by atoms with Gasteiger partial charge in [0.2, 0.25) is 0 Å². The van der Waals surface area contributed by atoms with Crippen molar-refractivity contribution in [2.45, 2.75) is 13.5 Å². The van der Waals surface area contributed by atoms with Crippen LogP contribution in [0.4, 0.5) is 0 Å². The zero-order valence-corrected chi connectivity index (χ0v) is 11.3. The second kappa shape index (κ2) is 6.64. The molecule has 0 aliphatic rings. The van der Waals surface area contributed by atoms with Gasteiger partial charge in [-0.25, -0.2) is 9.52 Å². The summed E-state index contributed by atoms with van der Waals surface area (Å²) >= 11 is 1.36. The molecule has 0 aliphatic carbocycles. The van der Waals surface area contributed by atoms with Crippen molar-refractivity contribution >= 4 is 33.6 Å². The van der Waals surface area contributed by atoms with Crippen molar-refractivity contribution in [3.63, 3.8) is 0 Å². The average Bonchev–Trinajstić information content (AvgIpc) is 2.72. The van der Waals surface area contributed by atoms with Gasteiger partial charge in [-0.15, -0.1) is 11.3 Å². The molecule has 8 heteroatoms. The van der Waals surface area contributed by atoms with Gasteiger partial charge in [-0.05, 0) is 23.1 Å². The number of hydrogen-bond donors (Lipinski definition) is 3. The Morgan fingerprint density at radius 2 is 2.22 bits per heavy atom. The third-order valence-corrected chi connectivity index (χ3v) is 4.01. The molecule has 0 atom stereocenters. The molecule has 0 radical (unpaired) electrons. The minimum Gasteiger partial charge on any atom is -0.478 e. The van der Waals surface area contributed by atoms with E-state index in [0.717, 1.165) is 16.5 Å². The van der Waals surface area contributed by atoms with Gasteiger partial charge in [0.1, 0.15) is 0 Å². The molecule has 100 valence electrons. The van der Waals surface area contributed by atoms with Crippen molar-refractivity contribution in [3.05, 3.63) is 28.0 Å². The van der Waals surface area contributed by atoms with Crippen LogP contribution in [0.1, 0.15) is 17.4 Å². The number of aliphatic carboxylic acids is 1. The summed E-state index contributed by atoms with van der Waals surface area (Å²) in [5.41, 5.74) is 0.736. The van der Waals surface area contributed by atoms with Gasteiger partial charge in [0.25, 0.3) is 10.2 Å². The third-order valence-electron chi connectivity index (χ3n) is 1.86. The Balaban J connectivity index is 2.57. The van der Waals surface area contributed by atoms with Crippen molar-refractivity contribution < 1.29 is 18.3 Å². The van der Waals surface area contributed by atoms with E-state index in [1.807, 2.05) is 0 Å². The highest BCUT2D eigenvalue weighted by molar-refractivity contribution is 7.87. The molecule has 0 saturated heterocycles. The van der Waals surface area contributed by atoms with Gasteiger partial charge in [0, 0.05) is 24.0 Å². The van der Waals surface area contributed by atoms with Crippen LogP contribution in [-0.2, 0) is 21.5 Å². The van der Waals surface area contributed by atoms with E-state index in [1.165, 1.54) is 17.4 Å². The maximum atomic E-state index is 11.3. The number of nitrogens with one attached hydrogen (secondary N) is 2. The maximum Gasteiger partial charge on any atom is 0.328 e. The van der Waals surface area contributed by atoms with E-state index in [-0.39, 0.29) is 6.54 Å². The standard InChI is InChI=1S/C10H14N2O4S2/c1-2-11-18(15,16)12-6-9-5-8(7-17-9)3-4-10(13)14/h3-5,7,11-12H,2,6H2,1H3,(H,13,14)/b4-3+. The van der Waals surface area contributed by atoms with Crippen LogP contribution >= 0.6 is 11.3 Å². The minimum atomic E-state index is -3.45. The lowest BCUT2D eigenvalue weighted by atomic mass is 10.3. The quantitative estimate of drug-likeness (QED) is 0.647. The second-order valence-electron chi connectivity index (χ2n) is 3.34. The maximum absolute atomic E-state index is 11.3. The first-order chi connectivity index (χ1) is 8.43. The monoisotopic (exact) mass is 290 g/mol. The Bertz CT molecular complexity index is 534. The predicted octanol–water partition coefficient (Wildman–Crippen LogP) is 0.790. The van der Waals surface area contributed by atoms with Crippen molar-refractivity contribution in [2.24, 2.45) is 0 Å². The number of rotatable bonds is 7. The fourth-order valence-corrected chi connectivity index (χ4v) is 2.87. The lowest BCUT2D eigenvalue weighted by molar-refractivity contribution is -0.131. The molecule has 0 amide bonds. The summed E-state index contributed by atoms with van der Waals surface area (Å²) in [6, 6.07) is 1.73. The van der Waals surface area contributed by atoms with Crippen LogP contribution in [-0.4, -0.2) is 26.0 Å². The van der Waals surface area contributed by atoms with E-state index >= 15 is 0 Å². The molecule has 0 fully saturated rings. The summed E-state index contributed by atoms with van der Waals surface area (Å²) in [6.07, 6.45) is 2.50. The van der Waals surface area contributed by atoms with E-state index in [2.05, 4.69) is 9.44 Å². The van der Waals surface area contributed by atoms with Crippen LogP contribution in [0, 0.1) is 0 Å². The first kappa shape index (κ1) is 14.8. The fraction of sp³-hybridized carbons (Fsp3) is 0.300. The molecule has 0 aromatic carbocycles. The Labute approximate surface area is 110 Å². The molecular formula is C10H14N2O4S2. The summed E-state index contributed by atoms with van der Waals surface area (Å²) < 4.78 is 27.3. The normalized spacial score (nSPS) is 12.1. The van der Waals surface area contributed by atoms with Crippen molar-refractivity contribution in [2.75, 3.05) is 6.54 Å². The fourth-order valence-electron chi connectivity index (χ4n) is 1.15. The van der Waals surface area contributed by atoms with Gasteiger partial charge >= 0.3 is 5.97 Å². The first-order valence-electron chi connectivity index (χ1n) is 5.15. The van der Waals surface area contributed by atoms with Gasteiger partial charge in [-0.3, -0.25) is 0 Å². The third kappa shape index (κ3) is 5.41. The summed E-state index contributed by atoms with van der Waals surface area (Å²) in [7, 11) is -3.45. The largest absolute Gasteiger partial charge is 0.478 e. The highest BCUT2D eigenvalue weighted by Gasteiger charge is 2.07. The second-order valence-corrected chi connectivity index (χ2v) is 5.92. The lowest BCUT2D eigenvalue weighted by Crippen LogP contribution is -2.35. The summed E-state index contributed by atoms with van der Waals surface area (Å²) in [6.45, 7) is 2.20. The van der Waals surface area contributed by atoms with Crippen molar-refractivity contribution in [3.8, 4) is 0 Å². The molecule has 1 rings (SSSR count). The van der Waals surface area contributed by atoms with Crippen LogP contribution in [0.5, 0.6) is 0 Å². The molecule has 0 unspecified atom stereocenters. The summed E-state index contributed by atoms with van der Waals surface area (Å²) in [5.74, 6) is -1.02. The summed E-state index contributed by atoms with van der Waals surface area (Å²) in [4.78, 5) is 11.1. The number of carboxylic acids is 1. The average molecular weight is 290 g/mol. The molecular weight excluding hydrogens is 276 g/mol. The molecule has 0 aliphatic heterocycles. The van der Waals surface area contributed by atoms with Gasteiger partial charge < -0.3 is 5.11 Å². The van der Waals surface area contributed by atoms with Crippen molar-refractivity contribution in [1.29, 1.82) is 0 Å². The molecule has 3 N–H and O–H groups in total. The number of hydrogen-bond acceptors (Lipinski definition) is 4. The van der Waals surface area contributed by atoms with Gasteiger partial charge in [-0.1, -0.05) is 6.92 Å². The van der Waals surface area contributed by atoms with E-state index in [0.29, 0.717) is 6.54 Å². The smallest absolute Gasteiger partial charge is 0.328 e. The van der Waals surface area contributed by atoms with Crippen LogP contribution < -0.4 is 9.44 Å². The van der Waals surface area contributed by atoms with Crippen LogP contribution in [0.3, 0.4) is 0 Å². The van der Waals surface area contributed by atoms with Crippen LogP contribution in [0.15, 0.2) is 17.5 Å². The van der Waals surface area contributed by atoms with Crippen LogP contribution in [0.25, 0.3) is 6.08 Å².